The first-order valence-corrected chi connectivity index (χ1v) is 10.3. The predicted molar refractivity (Wildman–Crippen MR) is 94.3 cm³/mol. The van der Waals surface area contributed by atoms with E-state index in [1.54, 1.807) is 6.07 Å². The Labute approximate surface area is 148 Å². The Bertz CT molecular complexity index is 860. The second-order valence-corrected chi connectivity index (χ2v) is 8.97. The lowest BCUT2D eigenvalue weighted by molar-refractivity contribution is -0.106. The third-order valence-electron chi connectivity index (χ3n) is 6.68. The Balaban J connectivity index is 1.63. The van der Waals surface area contributed by atoms with E-state index in [1.165, 1.54) is 5.56 Å². The summed E-state index contributed by atoms with van der Waals surface area (Å²) in [6.45, 7) is 2.25. The van der Waals surface area contributed by atoms with Gasteiger partial charge in [0, 0.05) is 0 Å². The quantitative estimate of drug-likeness (QED) is 0.839. The van der Waals surface area contributed by atoms with E-state index in [4.69, 9.17) is 9.32 Å². The minimum absolute atomic E-state index is 0.0249. The average Bonchev–Trinajstić information content (AvgIpc) is 2.89. The molecule has 0 bridgehead atoms. The van der Waals surface area contributed by atoms with Crippen molar-refractivity contribution in [3.05, 3.63) is 41.0 Å². The van der Waals surface area contributed by atoms with Crippen LogP contribution < -0.4 is 9.32 Å². The highest BCUT2D eigenvalue weighted by Crippen LogP contribution is 2.60. The number of fused-ring (bicyclic) bond motifs is 5. The third kappa shape index (κ3) is 2.72. The van der Waals surface area contributed by atoms with E-state index in [0.29, 0.717) is 17.8 Å². The first kappa shape index (κ1) is 16.8. The average molecular weight is 361 g/mol. The van der Waals surface area contributed by atoms with Gasteiger partial charge in [-0.15, -0.1) is 0 Å². The van der Waals surface area contributed by atoms with Crippen LogP contribution in [0, 0.1) is 17.3 Å². The van der Waals surface area contributed by atoms with Gasteiger partial charge in [0.15, 0.2) is 0 Å². The van der Waals surface area contributed by atoms with Crippen molar-refractivity contribution in [2.75, 3.05) is 0 Å². The fourth-order valence-electron chi connectivity index (χ4n) is 5.53. The summed E-state index contributed by atoms with van der Waals surface area (Å²) >= 11 is 0. The van der Waals surface area contributed by atoms with Crippen LogP contribution in [0.15, 0.2) is 29.8 Å². The van der Waals surface area contributed by atoms with E-state index in [9.17, 15) is 13.2 Å². The summed E-state index contributed by atoms with van der Waals surface area (Å²) in [5.74, 6) is 1.86. The molecule has 4 atom stereocenters. The Kier molecular flexibility index (Phi) is 3.81. The highest BCUT2D eigenvalue weighted by atomic mass is 32.2. The fourth-order valence-corrected chi connectivity index (χ4v) is 5.90. The number of benzene rings is 1. The molecule has 3 aliphatic carbocycles. The number of hydrogen-bond donors (Lipinski definition) is 1. The van der Waals surface area contributed by atoms with Crippen LogP contribution in [0.1, 0.15) is 49.7 Å². The van der Waals surface area contributed by atoms with Crippen LogP contribution in [0.3, 0.4) is 0 Å². The van der Waals surface area contributed by atoms with Gasteiger partial charge < -0.3 is 4.18 Å². The lowest BCUT2D eigenvalue weighted by Gasteiger charge is -2.49. The van der Waals surface area contributed by atoms with Gasteiger partial charge in [-0.05, 0) is 84.1 Å². The number of nitrogens with two attached hydrogens (primary N) is 1. The summed E-state index contributed by atoms with van der Waals surface area (Å²) in [5.41, 5.74) is 3.47. The molecule has 1 aromatic rings. The van der Waals surface area contributed by atoms with Crippen LogP contribution in [0.2, 0.25) is 0 Å². The minimum atomic E-state index is -4.00. The molecule has 5 nitrogen and oxygen atoms in total. The highest BCUT2D eigenvalue weighted by Gasteiger charge is 2.51. The second kappa shape index (κ2) is 5.68. The predicted octanol–water partition coefficient (Wildman–Crippen LogP) is 2.86. The van der Waals surface area contributed by atoms with Crippen molar-refractivity contribution in [3.63, 3.8) is 0 Å². The first-order chi connectivity index (χ1) is 11.8. The zero-order valence-electron chi connectivity index (χ0n) is 14.3. The van der Waals surface area contributed by atoms with Crippen molar-refractivity contribution >= 4 is 16.6 Å². The number of aldehydes is 1. The summed E-state index contributed by atoms with van der Waals surface area (Å²) in [4.78, 5) is 11.4. The standard InChI is InChI=1S/C19H23NO4S/c1-19-9-8-16-15-6-4-14(24-25(20,22)23)10-12(15)2-5-17(16)18(19)7-3-13(19)11-21/h3-4,6,10-11,16-18H,2,5,7-9H2,1H3,(H2,20,22,23)/t16?,17?,18?,19-/m1/s1. The van der Waals surface area contributed by atoms with Gasteiger partial charge in [-0.1, -0.05) is 19.1 Å². The topological polar surface area (TPSA) is 86.5 Å². The van der Waals surface area contributed by atoms with Gasteiger partial charge in [0.25, 0.3) is 0 Å². The molecule has 2 N–H and O–H groups in total. The van der Waals surface area contributed by atoms with Gasteiger partial charge in [-0.25, -0.2) is 0 Å². The summed E-state index contributed by atoms with van der Waals surface area (Å²) in [6, 6.07) is 5.51. The van der Waals surface area contributed by atoms with E-state index < -0.39 is 10.3 Å². The van der Waals surface area contributed by atoms with Crippen LogP contribution in [-0.2, 0) is 21.5 Å². The number of carbonyl (C=O) groups excluding carboxylic acids is 1. The molecule has 4 rings (SSSR count). The number of hydrogen-bond acceptors (Lipinski definition) is 4. The monoisotopic (exact) mass is 361 g/mol. The van der Waals surface area contributed by atoms with Crippen LogP contribution >= 0.6 is 0 Å². The van der Waals surface area contributed by atoms with Gasteiger partial charge in [-0.2, -0.15) is 13.6 Å². The summed E-state index contributed by atoms with van der Waals surface area (Å²) in [7, 11) is -4.00. The largest absolute Gasteiger partial charge is 0.380 e. The van der Waals surface area contributed by atoms with Crippen molar-refractivity contribution in [3.8, 4) is 5.75 Å². The van der Waals surface area contributed by atoms with Gasteiger partial charge in [0.1, 0.15) is 12.0 Å². The van der Waals surface area contributed by atoms with Crippen molar-refractivity contribution in [2.45, 2.75) is 44.9 Å². The number of carbonyl (C=O) groups is 1. The molecular formula is C19H23NO4S. The van der Waals surface area contributed by atoms with Crippen molar-refractivity contribution in [2.24, 2.45) is 22.4 Å². The Morgan fingerprint density at radius 2 is 2.12 bits per heavy atom. The molecule has 0 radical (unpaired) electrons. The van der Waals surface area contributed by atoms with E-state index in [0.717, 1.165) is 49.5 Å². The Hall–Kier alpha value is -1.66. The van der Waals surface area contributed by atoms with Crippen LogP contribution in [0.25, 0.3) is 0 Å². The Morgan fingerprint density at radius 3 is 2.84 bits per heavy atom. The second-order valence-electron chi connectivity index (χ2n) is 7.82. The van der Waals surface area contributed by atoms with Gasteiger partial charge >= 0.3 is 10.3 Å². The maximum absolute atomic E-state index is 11.4. The zero-order chi connectivity index (χ0) is 17.8. The zero-order valence-corrected chi connectivity index (χ0v) is 15.1. The molecule has 0 heterocycles. The molecule has 25 heavy (non-hydrogen) atoms. The molecule has 0 aromatic heterocycles. The molecule has 134 valence electrons. The molecule has 0 amide bonds. The molecule has 3 unspecified atom stereocenters. The molecule has 1 aromatic carbocycles. The van der Waals surface area contributed by atoms with Crippen molar-refractivity contribution in [1.82, 2.24) is 0 Å². The number of rotatable bonds is 3. The third-order valence-corrected chi connectivity index (χ3v) is 7.10. The smallest absolute Gasteiger partial charge is 0.371 e. The number of allylic oxidation sites excluding steroid dienone is 2. The number of aryl methyl sites for hydroxylation is 1. The highest BCUT2D eigenvalue weighted by molar-refractivity contribution is 7.84. The first-order valence-electron chi connectivity index (χ1n) is 8.83. The maximum Gasteiger partial charge on any atom is 0.380 e. The van der Waals surface area contributed by atoms with E-state index in [2.05, 4.69) is 13.0 Å². The Morgan fingerprint density at radius 1 is 1.32 bits per heavy atom. The van der Waals surface area contributed by atoms with Crippen molar-refractivity contribution in [1.29, 1.82) is 0 Å². The molecule has 1 fully saturated rings. The molecule has 1 saturated carbocycles. The van der Waals surface area contributed by atoms with E-state index in [-0.39, 0.29) is 11.2 Å². The lowest BCUT2D eigenvalue weighted by Crippen LogP contribution is -2.41. The molecule has 6 heteroatoms. The molecule has 0 saturated heterocycles. The van der Waals surface area contributed by atoms with Gasteiger partial charge in [-0.3, -0.25) is 4.79 Å². The maximum atomic E-state index is 11.4. The van der Waals surface area contributed by atoms with Crippen LogP contribution in [0.4, 0.5) is 0 Å². The molecule has 0 spiro atoms. The van der Waals surface area contributed by atoms with Crippen LogP contribution in [-0.4, -0.2) is 14.7 Å². The fraction of sp³-hybridized carbons (Fsp3) is 0.526. The van der Waals surface area contributed by atoms with E-state index >= 15 is 0 Å². The SMILES string of the molecule is C[C@]12CCC3c4ccc(OS(N)(=O)=O)cc4CCC3C1CC=C2C=O. The summed E-state index contributed by atoms with van der Waals surface area (Å²) < 4.78 is 27.1. The van der Waals surface area contributed by atoms with Gasteiger partial charge in [0.05, 0.1) is 0 Å². The summed E-state index contributed by atoms with van der Waals surface area (Å²) in [6.07, 6.45) is 8.24. The summed E-state index contributed by atoms with van der Waals surface area (Å²) in [5, 5.41) is 4.96. The minimum Gasteiger partial charge on any atom is -0.371 e. The lowest BCUT2D eigenvalue weighted by atomic mass is 9.54. The molecule has 3 aliphatic rings. The van der Waals surface area contributed by atoms with Gasteiger partial charge in [0.2, 0.25) is 0 Å². The normalized spacial score (nSPS) is 33.7. The molecular weight excluding hydrogens is 338 g/mol. The molecule has 0 aliphatic heterocycles. The van der Waals surface area contributed by atoms with E-state index in [1.807, 2.05) is 12.1 Å². The van der Waals surface area contributed by atoms with Crippen LogP contribution in [0.5, 0.6) is 5.75 Å². The van der Waals surface area contributed by atoms with Crippen molar-refractivity contribution < 1.29 is 17.4 Å².